The number of hydrogen-bond acceptors (Lipinski definition) is 2. The number of rotatable bonds is 0. The lowest BCUT2D eigenvalue weighted by molar-refractivity contribution is -0.118. The average Bonchev–Trinajstić information content (AvgIpc) is 2.24. The van der Waals surface area contributed by atoms with Crippen molar-refractivity contribution in [1.82, 2.24) is 0 Å². The third-order valence-electron chi connectivity index (χ3n) is 2.95. The second-order valence-corrected chi connectivity index (χ2v) is 3.79. The molecular weight excluding hydrogens is 176 g/mol. The number of aryl methyl sites for hydroxylation is 1. The van der Waals surface area contributed by atoms with Crippen LogP contribution in [0.1, 0.15) is 12.0 Å². The third-order valence-corrected chi connectivity index (χ3v) is 2.95. The van der Waals surface area contributed by atoms with Crippen LogP contribution in [0.3, 0.4) is 0 Å². The molecule has 1 amide bonds. The SMILES string of the molecule is O=C1CCc2cccc3c2N1CCN3. The van der Waals surface area contributed by atoms with Gasteiger partial charge in [-0.3, -0.25) is 4.79 Å². The lowest BCUT2D eigenvalue weighted by Gasteiger charge is -2.35. The lowest BCUT2D eigenvalue weighted by atomic mass is 9.98. The number of hydrogen-bond donors (Lipinski definition) is 1. The predicted molar refractivity (Wildman–Crippen MR) is 55.6 cm³/mol. The summed E-state index contributed by atoms with van der Waals surface area (Å²) in [6.45, 7) is 1.67. The minimum atomic E-state index is 0.270. The van der Waals surface area contributed by atoms with Crippen LogP contribution >= 0.6 is 0 Å². The van der Waals surface area contributed by atoms with Gasteiger partial charge >= 0.3 is 0 Å². The van der Waals surface area contributed by atoms with Crippen molar-refractivity contribution < 1.29 is 4.79 Å². The fourth-order valence-corrected chi connectivity index (χ4v) is 2.29. The number of anilines is 2. The monoisotopic (exact) mass is 188 g/mol. The minimum Gasteiger partial charge on any atom is -0.382 e. The van der Waals surface area contributed by atoms with E-state index >= 15 is 0 Å². The van der Waals surface area contributed by atoms with E-state index in [9.17, 15) is 4.79 Å². The molecule has 0 atom stereocenters. The van der Waals surface area contributed by atoms with Crippen LogP contribution in [0.4, 0.5) is 11.4 Å². The first-order chi connectivity index (χ1) is 6.86. The maximum atomic E-state index is 11.7. The highest BCUT2D eigenvalue weighted by molar-refractivity contribution is 6.00. The molecule has 0 fully saturated rings. The van der Waals surface area contributed by atoms with Gasteiger partial charge in [-0.2, -0.15) is 0 Å². The summed E-state index contributed by atoms with van der Waals surface area (Å²) in [5.74, 6) is 0.270. The van der Waals surface area contributed by atoms with Crippen molar-refractivity contribution >= 4 is 17.3 Å². The molecule has 0 bridgehead atoms. The molecule has 3 rings (SSSR count). The molecule has 2 aliphatic heterocycles. The number of nitrogens with one attached hydrogen (secondary N) is 1. The van der Waals surface area contributed by atoms with Crippen LogP contribution in [0.5, 0.6) is 0 Å². The largest absolute Gasteiger partial charge is 0.382 e. The number of para-hydroxylation sites is 1. The molecule has 3 nitrogen and oxygen atoms in total. The highest BCUT2D eigenvalue weighted by atomic mass is 16.2. The van der Waals surface area contributed by atoms with Crippen molar-refractivity contribution in [1.29, 1.82) is 0 Å². The van der Waals surface area contributed by atoms with Gasteiger partial charge in [0.05, 0.1) is 11.4 Å². The average molecular weight is 188 g/mol. The Morgan fingerprint density at radius 3 is 3.14 bits per heavy atom. The molecule has 1 N–H and O–H groups in total. The maximum Gasteiger partial charge on any atom is 0.227 e. The zero-order chi connectivity index (χ0) is 9.54. The van der Waals surface area contributed by atoms with E-state index in [0.29, 0.717) is 6.42 Å². The van der Waals surface area contributed by atoms with E-state index in [1.807, 2.05) is 11.0 Å². The van der Waals surface area contributed by atoms with Crippen LogP contribution in [0, 0.1) is 0 Å². The van der Waals surface area contributed by atoms with E-state index in [2.05, 4.69) is 17.4 Å². The Kier molecular flexibility index (Phi) is 1.54. The molecule has 0 aromatic heterocycles. The number of benzene rings is 1. The molecule has 72 valence electrons. The Balaban J connectivity index is 2.21. The molecule has 1 aromatic rings. The van der Waals surface area contributed by atoms with Crippen LogP contribution in [0.2, 0.25) is 0 Å². The summed E-state index contributed by atoms with van der Waals surface area (Å²) in [6, 6.07) is 6.22. The van der Waals surface area contributed by atoms with Crippen molar-refractivity contribution in [3.8, 4) is 0 Å². The summed E-state index contributed by atoms with van der Waals surface area (Å²) in [7, 11) is 0. The first-order valence-electron chi connectivity index (χ1n) is 5.02. The van der Waals surface area contributed by atoms with Gasteiger partial charge in [0.15, 0.2) is 0 Å². The minimum absolute atomic E-state index is 0.270. The summed E-state index contributed by atoms with van der Waals surface area (Å²) < 4.78 is 0. The van der Waals surface area contributed by atoms with Gasteiger partial charge in [0.2, 0.25) is 5.91 Å². The molecule has 1 aromatic carbocycles. The summed E-state index contributed by atoms with van der Waals surface area (Å²) in [4.78, 5) is 13.6. The van der Waals surface area contributed by atoms with Gasteiger partial charge in [0, 0.05) is 19.5 Å². The quantitative estimate of drug-likeness (QED) is 0.667. The highest BCUT2D eigenvalue weighted by Gasteiger charge is 2.28. The first kappa shape index (κ1) is 7.85. The van der Waals surface area contributed by atoms with E-state index in [1.165, 1.54) is 5.56 Å². The van der Waals surface area contributed by atoms with Crippen molar-refractivity contribution in [2.75, 3.05) is 23.3 Å². The highest BCUT2D eigenvalue weighted by Crippen LogP contribution is 2.36. The summed E-state index contributed by atoms with van der Waals surface area (Å²) in [6.07, 6.45) is 1.55. The van der Waals surface area contributed by atoms with Crippen molar-refractivity contribution in [2.24, 2.45) is 0 Å². The topological polar surface area (TPSA) is 32.3 Å². The van der Waals surface area contributed by atoms with Crippen LogP contribution in [0.25, 0.3) is 0 Å². The molecule has 3 heteroatoms. The van der Waals surface area contributed by atoms with Crippen LogP contribution < -0.4 is 10.2 Å². The fourth-order valence-electron chi connectivity index (χ4n) is 2.29. The Hall–Kier alpha value is -1.51. The second kappa shape index (κ2) is 2.74. The number of carbonyl (C=O) groups excluding carboxylic acids is 1. The molecular formula is C11H12N2O. The number of nitrogens with zero attached hydrogens (tertiary/aromatic N) is 1. The molecule has 0 unspecified atom stereocenters. The molecule has 0 saturated heterocycles. The van der Waals surface area contributed by atoms with Crippen molar-refractivity contribution in [3.05, 3.63) is 23.8 Å². The van der Waals surface area contributed by atoms with E-state index in [-0.39, 0.29) is 5.91 Å². The Bertz CT molecular complexity index is 386. The van der Waals surface area contributed by atoms with Crippen molar-refractivity contribution in [2.45, 2.75) is 12.8 Å². The summed E-state index contributed by atoms with van der Waals surface area (Å²) in [5, 5.41) is 3.33. The lowest BCUT2D eigenvalue weighted by Crippen LogP contribution is -2.41. The summed E-state index contributed by atoms with van der Waals surface area (Å²) >= 11 is 0. The molecule has 0 radical (unpaired) electrons. The zero-order valence-corrected chi connectivity index (χ0v) is 7.92. The van der Waals surface area contributed by atoms with Gasteiger partial charge in [0.25, 0.3) is 0 Å². The van der Waals surface area contributed by atoms with Crippen LogP contribution in [-0.4, -0.2) is 19.0 Å². The van der Waals surface area contributed by atoms with Crippen LogP contribution in [0.15, 0.2) is 18.2 Å². The van der Waals surface area contributed by atoms with Gasteiger partial charge in [-0.1, -0.05) is 12.1 Å². The Morgan fingerprint density at radius 2 is 2.21 bits per heavy atom. The van der Waals surface area contributed by atoms with E-state index < -0.39 is 0 Å². The van der Waals surface area contributed by atoms with E-state index in [4.69, 9.17) is 0 Å². The van der Waals surface area contributed by atoms with Gasteiger partial charge < -0.3 is 10.2 Å². The smallest absolute Gasteiger partial charge is 0.227 e. The molecule has 0 aliphatic carbocycles. The summed E-state index contributed by atoms with van der Waals surface area (Å²) in [5.41, 5.74) is 3.53. The molecule has 14 heavy (non-hydrogen) atoms. The second-order valence-electron chi connectivity index (χ2n) is 3.79. The van der Waals surface area contributed by atoms with Gasteiger partial charge in [-0.25, -0.2) is 0 Å². The standard InChI is InChI=1S/C11H12N2O/c14-10-5-4-8-2-1-3-9-11(8)13(10)7-6-12-9/h1-3,12H,4-7H2. The Morgan fingerprint density at radius 1 is 1.29 bits per heavy atom. The zero-order valence-electron chi connectivity index (χ0n) is 7.92. The molecule has 2 aliphatic rings. The maximum absolute atomic E-state index is 11.7. The number of carbonyl (C=O) groups is 1. The number of amides is 1. The van der Waals surface area contributed by atoms with Gasteiger partial charge in [-0.15, -0.1) is 0 Å². The fraction of sp³-hybridized carbons (Fsp3) is 0.364. The third kappa shape index (κ3) is 0.953. The molecule has 0 saturated carbocycles. The van der Waals surface area contributed by atoms with E-state index in [1.54, 1.807) is 0 Å². The van der Waals surface area contributed by atoms with Crippen molar-refractivity contribution in [3.63, 3.8) is 0 Å². The molecule has 2 heterocycles. The van der Waals surface area contributed by atoms with E-state index in [0.717, 1.165) is 30.9 Å². The normalized spacial score (nSPS) is 18.9. The first-order valence-corrected chi connectivity index (χ1v) is 5.02. The van der Waals surface area contributed by atoms with Gasteiger partial charge in [0.1, 0.15) is 0 Å². The Labute approximate surface area is 82.7 Å². The predicted octanol–water partition coefficient (Wildman–Crippen LogP) is 1.39. The van der Waals surface area contributed by atoms with Gasteiger partial charge in [-0.05, 0) is 18.1 Å². The van der Waals surface area contributed by atoms with Crippen LogP contribution in [-0.2, 0) is 11.2 Å². The molecule has 0 spiro atoms.